The van der Waals surface area contributed by atoms with E-state index in [1.165, 1.54) is 0 Å². The summed E-state index contributed by atoms with van der Waals surface area (Å²) in [5.41, 5.74) is 0. The van der Waals surface area contributed by atoms with Crippen LogP contribution in [0.25, 0.3) is 0 Å². The first kappa shape index (κ1) is 56.0. The van der Waals surface area contributed by atoms with Gasteiger partial charge < -0.3 is 0 Å². The Labute approximate surface area is 78.4 Å². The van der Waals surface area contributed by atoms with Crippen LogP contribution in [-0.2, 0) is 70.7 Å². The molecule has 0 spiro atoms. The molecule has 0 aliphatic heterocycles. The predicted octanol–water partition coefficient (Wildman–Crippen LogP) is -0.391. The SMILES string of the molecule is [B].[Cu].[Fe].[Mn].[Zn]. The van der Waals surface area contributed by atoms with Gasteiger partial charge in [0.1, 0.15) is 0 Å². The largest absolute Gasteiger partial charge is 0 e. The fraction of sp³-hybridized carbons (Fsp3) is 0. The summed E-state index contributed by atoms with van der Waals surface area (Å²) >= 11 is 0. The molecule has 0 fully saturated rings. The Bertz CT molecular complexity index is 11.6. The average Bonchev–Trinajstić information content (AvgIpc) is 0. The summed E-state index contributed by atoms with van der Waals surface area (Å²) in [7, 11) is 0. The van der Waals surface area contributed by atoms with Crippen molar-refractivity contribution in [3.05, 3.63) is 0 Å². The van der Waals surface area contributed by atoms with Crippen LogP contribution in [0.4, 0.5) is 0 Å². The van der Waals surface area contributed by atoms with Crippen molar-refractivity contribution in [3.63, 3.8) is 0 Å². The van der Waals surface area contributed by atoms with Crippen molar-refractivity contribution in [2.45, 2.75) is 0 Å². The molecule has 0 nitrogen and oxygen atoms in total. The summed E-state index contributed by atoms with van der Waals surface area (Å²) in [6.45, 7) is 0. The Hall–Kier alpha value is 2.25. The molecule has 0 aromatic rings. The molecule has 0 rings (SSSR count). The molecule has 0 aliphatic carbocycles. The summed E-state index contributed by atoms with van der Waals surface area (Å²) < 4.78 is 0. The molecular weight excluding hydrogens is 251 g/mol. The summed E-state index contributed by atoms with van der Waals surface area (Å²) in [4.78, 5) is 0. The monoisotopic (exact) mass is 249 g/mol. The number of hydrogen-bond acceptors (Lipinski definition) is 0. The van der Waals surface area contributed by atoms with Crippen molar-refractivity contribution in [2.75, 3.05) is 0 Å². The Morgan fingerprint density at radius 1 is 1.00 bits per heavy atom. The Morgan fingerprint density at radius 2 is 1.00 bits per heavy atom. The van der Waals surface area contributed by atoms with E-state index in [1.807, 2.05) is 0 Å². The minimum absolute atomic E-state index is 0. The third kappa shape index (κ3) is 22.3. The second-order valence-electron chi connectivity index (χ2n) is 0. The van der Waals surface area contributed by atoms with E-state index in [-0.39, 0.29) is 79.1 Å². The zero-order valence-electron chi connectivity index (χ0n) is 2.32. The van der Waals surface area contributed by atoms with Gasteiger partial charge in [0.05, 0.1) is 0 Å². The molecule has 5 radical (unpaired) electrons. The maximum absolute atomic E-state index is 0. The van der Waals surface area contributed by atoms with Crippen LogP contribution in [0.15, 0.2) is 0 Å². The van der Waals surface area contributed by atoms with Crippen LogP contribution >= 0.6 is 0 Å². The third-order valence-electron chi connectivity index (χ3n) is 0. The summed E-state index contributed by atoms with van der Waals surface area (Å²) in [6, 6.07) is 0. The van der Waals surface area contributed by atoms with E-state index < -0.39 is 0 Å². The molecule has 0 saturated carbocycles. The van der Waals surface area contributed by atoms with Gasteiger partial charge in [-0.15, -0.1) is 0 Å². The van der Waals surface area contributed by atoms with Crippen LogP contribution < -0.4 is 0 Å². The minimum atomic E-state index is 0. The fourth-order valence-corrected chi connectivity index (χ4v) is 0. The van der Waals surface area contributed by atoms with Gasteiger partial charge in [0.25, 0.3) is 0 Å². The molecule has 31 valence electrons. The second-order valence-corrected chi connectivity index (χ2v) is 0. The van der Waals surface area contributed by atoms with E-state index in [9.17, 15) is 0 Å². The van der Waals surface area contributed by atoms with E-state index in [1.54, 1.807) is 0 Å². The van der Waals surface area contributed by atoms with Crippen molar-refractivity contribution < 1.29 is 70.7 Å². The van der Waals surface area contributed by atoms with Crippen molar-refractivity contribution in [2.24, 2.45) is 0 Å². The molecule has 0 aromatic carbocycles. The minimum Gasteiger partial charge on any atom is 0 e. The molecule has 0 saturated heterocycles. The van der Waals surface area contributed by atoms with Crippen LogP contribution in [-0.4, -0.2) is 8.41 Å². The van der Waals surface area contributed by atoms with Crippen LogP contribution in [0.5, 0.6) is 0 Å². The third-order valence-corrected chi connectivity index (χ3v) is 0. The zero-order chi connectivity index (χ0) is 0. The van der Waals surface area contributed by atoms with E-state index in [0.29, 0.717) is 0 Å². The van der Waals surface area contributed by atoms with Crippen LogP contribution in [0.2, 0.25) is 0 Å². The zero-order valence-corrected chi connectivity index (χ0v) is 8.51. The summed E-state index contributed by atoms with van der Waals surface area (Å²) in [6.07, 6.45) is 0. The Balaban J connectivity index is 0. The average molecular weight is 251 g/mol. The summed E-state index contributed by atoms with van der Waals surface area (Å²) in [5.74, 6) is 0. The van der Waals surface area contributed by atoms with E-state index >= 15 is 0 Å². The van der Waals surface area contributed by atoms with Crippen LogP contribution in [0.3, 0.4) is 0 Å². The topological polar surface area (TPSA) is 0 Å². The number of rotatable bonds is 0. The van der Waals surface area contributed by atoms with Gasteiger partial charge in [-0.05, 0) is 0 Å². The molecule has 5 heteroatoms. The smallest absolute Gasteiger partial charge is 0 e. The first-order valence-corrected chi connectivity index (χ1v) is 0. The molecule has 0 aliphatic rings. The van der Waals surface area contributed by atoms with Crippen molar-refractivity contribution in [1.29, 1.82) is 0 Å². The van der Waals surface area contributed by atoms with Crippen molar-refractivity contribution in [1.82, 2.24) is 0 Å². The van der Waals surface area contributed by atoms with E-state index in [2.05, 4.69) is 0 Å². The Morgan fingerprint density at radius 3 is 1.00 bits per heavy atom. The van der Waals surface area contributed by atoms with Crippen molar-refractivity contribution >= 4 is 8.41 Å². The van der Waals surface area contributed by atoms with Gasteiger partial charge in [-0.2, -0.15) is 0 Å². The molecule has 0 heterocycles. The molecule has 0 unspecified atom stereocenters. The predicted molar refractivity (Wildman–Crippen MR) is 5.75 cm³/mol. The van der Waals surface area contributed by atoms with E-state index in [4.69, 9.17) is 0 Å². The number of hydrogen-bond donors (Lipinski definition) is 0. The van der Waals surface area contributed by atoms with Crippen LogP contribution in [0.1, 0.15) is 0 Å². The molecular formula is BCuFeMnZn. The first-order valence-electron chi connectivity index (χ1n) is 0. The van der Waals surface area contributed by atoms with Gasteiger partial charge in [-0.25, -0.2) is 0 Å². The van der Waals surface area contributed by atoms with Gasteiger partial charge in [0.15, 0.2) is 0 Å². The second kappa shape index (κ2) is 34.1. The molecule has 0 amide bonds. The maximum atomic E-state index is 0. The standard InChI is InChI=1S/B.Cu.Fe.Mn.Zn. The molecule has 0 N–H and O–H groups in total. The van der Waals surface area contributed by atoms with Gasteiger partial charge in [0, 0.05) is 79.1 Å². The van der Waals surface area contributed by atoms with Gasteiger partial charge in [-0.1, -0.05) is 0 Å². The molecule has 0 bridgehead atoms. The molecule has 0 atom stereocenters. The van der Waals surface area contributed by atoms with Crippen molar-refractivity contribution in [3.8, 4) is 0 Å². The van der Waals surface area contributed by atoms with Gasteiger partial charge >= 0.3 is 0 Å². The summed E-state index contributed by atoms with van der Waals surface area (Å²) in [5, 5.41) is 0. The quantitative estimate of drug-likeness (QED) is 0.514. The maximum Gasteiger partial charge on any atom is 0 e. The molecule has 5 heavy (non-hydrogen) atoms. The fourth-order valence-electron chi connectivity index (χ4n) is 0. The Kier molecular flexibility index (Phi) is 382. The first-order chi connectivity index (χ1) is 0. The van der Waals surface area contributed by atoms with Crippen LogP contribution in [0, 0.1) is 0 Å². The van der Waals surface area contributed by atoms with E-state index in [0.717, 1.165) is 0 Å². The van der Waals surface area contributed by atoms with Gasteiger partial charge in [0.2, 0.25) is 0 Å². The molecule has 0 aromatic heterocycles. The normalized spacial score (nSPS) is 0. The van der Waals surface area contributed by atoms with Gasteiger partial charge in [-0.3, -0.25) is 0 Å².